The molecule has 0 spiro atoms. The second kappa shape index (κ2) is 7.33. The summed E-state index contributed by atoms with van der Waals surface area (Å²) in [6, 6.07) is 8.81. The number of benzene rings is 1. The normalized spacial score (nSPS) is 14.4. The van der Waals surface area contributed by atoms with Gasteiger partial charge in [0.1, 0.15) is 5.75 Å². The van der Waals surface area contributed by atoms with E-state index in [2.05, 4.69) is 38.2 Å². The molecule has 2 unspecified atom stereocenters. The van der Waals surface area contributed by atoms with Crippen LogP contribution in [0.3, 0.4) is 0 Å². The maximum Gasteiger partial charge on any atom is 0.122 e. The van der Waals surface area contributed by atoms with Gasteiger partial charge in [-0.05, 0) is 37.4 Å². The highest BCUT2D eigenvalue weighted by atomic mass is 16.5. The zero-order valence-corrected chi connectivity index (χ0v) is 11.5. The van der Waals surface area contributed by atoms with Crippen molar-refractivity contribution < 1.29 is 4.74 Å². The topological polar surface area (TPSA) is 21.3 Å². The minimum Gasteiger partial charge on any atom is -0.496 e. The van der Waals surface area contributed by atoms with Gasteiger partial charge < -0.3 is 10.1 Å². The van der Waals surface area contributed by atoms with E-state index in [9.17, 15) is 0 Å². The predicted molar refractivity (Wildman–Crippen MR) is 73.6 cm³/mol. The van der Waals surface area contributed by atoms with Crippen LogP contribution in [0.25, 0.3) is 0 Å². The summed E-state index contributed by atoms with van der Waals surface area (Å²) >= 11 is 0. The molecule has 0 aliphatic rings. The van der Waals surface area contributed by atoms with Crippen LogP contribution >= 0.6 is 0 Å². The van der Waals surface area contributed by atoms with Crippen LogP contribution < -0.4 is 10.1 Å². The summed E-state index contributed by atoms with van der Waals surface area (Å²) < 4.78 is 5.34. The highest BCUT2D eigenvalue weighted by Crippen LogP contribution is 2.17. The first-order valence-electron chi connectivity index (χ1n) is 6.54. The van der Waals surface area contributed by atoms with Gasteiger partial charge in [-0.15, -0.1) is 0 Å². The first kappa shape index (κ1) is 14.0. The van der Waals surface area contributed by atoms with E-state index in [1.54, 1.807) is 7.11 Å². The number of para-hydroxylation sites is 1. The Morgan fingerprint density at radius 2 is 1.94 bits per heavy atom. The van der Waals surface area contributed by atoms with Gasteiger partial charge >= 0.3 is 0 Å². The molecular formula is C15H25NO. The van der Waals surface area contributed by atoms with E-state index >= 15 is 0 Å². The maximum atomic E-state index is 5.34. The second-order valence-electron chi connectivity index (χ2n) is 4.69. The third kappa shape index (κ3) is 4.39. The van der Waals surface area contributed by atoms with Gasteiger partial charge in [-0.3, -0.25) is 0 Å². The third-order valence-electron chi connectivity index (χ3n) is 3.55. The Morgan fingerprint density at radius 1 is 1.24 bits per heavy atom. The molecule has 0 saturated carbocycles. The summed E-state index contributed by atoms with van der Waals surface area (Å²) in [5, 5.41) is 3.58. The molecule has 0 aliphatic carbocycles. The van der Waals surface area contributed by atoms with Crippen LogP contribution in [0.5, 0.6) is 5.75 Å². The highest BCUT2D eigenvalue weighted by molar-refractivity contribution is 5.33. The average molecular weight is 235 g/mol. The van der Waals surface area contributed by atoms with Gasteiger partial charge in [0.05, 0.1) is 7.11 Å². The molecule has 0 bridgehead atoms. The standard InChI is InChI=1S/C15H25NO/c1-5-12(2)13(3)16-11-10-14-8-6-7-9-15(14)17-4/h6-9,12-13,16H,5,10-11H2,1-4H3. The Morgan fingerprint density at radius 3 is 2.59 bits per heavy atom. The minimum atomic E-state index is 0.578. The Kier molecular flexibility index (Phi) is 6.06. The SMILES string of the molecule is CCC(C)C(C)NCCc1ccccc1OC. The zero-order valence-electron chi connectivity index (χ0n) is 11.5. The fraction of sp³-hybridized carbons (Fsp3) is 0.600. The fourth-order valence-electron chi connectivity index (χ4n) is 1.90. The van der Waals surface area contributed by atoms with Crippen molar-refractivity contribution >= 4 is 0 Å². The van der Waals surface area contributed by atoms with Gasteiger partial charge in [0.15, 0.2) is 0 Å². The van der Waals surface area contributed by atoms with Crippen LogP contribution in [0.15, 0.2) is 24.3 Å². The lowest BCUT2D eigenvalue weighted by atomic mass is 10.0. The molecule has 2 atom stereocenters. The molecule has 0 aliphatic heterocycles. The van der Waals surface area contributed by atoms with Gasteiger partial charge in [0.2, 0.25) is 0 Å². The molecule has 0 amide bonds. The Bertz CT molecular complexity index is 324. The third-order valence-corrected chi connectivity index (χ3v) is 3.55. The van der Waals surface area contributed by atoms with Crippen molar-refractivity contribution in [1.82, 2.24) is 5.32 Å². The number of ether oxygens (including phenoxy) is 1. The van der Waals surface area contributed by atoms with Crippen LogP contribution in [0, 0.1) is 5.92 Å². The van der Waals surface area contributed by atoms with Gasteiger partial charge in [-0.1, -0.05) is 38.5 Å². The molecule has 1 aromatic carbocycles. The van der Waals surface area contributed by atoms with Crippen molar-refractivity contribution in [2.45, 2.75) is 39.7 Å². The Labute approximate surface area is 105 Å². The largest absolute Gasteiger partial charge is 0.496 e. The fourth-order valence-corrected chi connectivity index (χ4v) is 1.90. The molecule has 0 radical (unpaired) electrons. The van der Waals surface area contributed by atoms with Crippen molar-refractivity contribution in [2.24, 2.45) is 5.92 Å². The van der Waals surface area contributed by atoms with Crippen LogP contribution in [-0.4, -0.2) is 19.7 Å². The quantitative estimate of drug-likeness (QED) is 0.783. The van der Waals surface area contributed by atoms with Crippen LogP contribution in [0.1, 0.15) is 32.8 Å². The van der Waals surface area contributed by atoms with E-state index < -0.39 is 0 Å². The van der Waals surface area contributed by atoms with E-state index in [0.29, 0.717) is 6.04 Å². The van der Waals surface area contributed by atoms with Crippen LogP contribution in [-0.2, 0) is 6.42 Å². The molecule has 0 saturated heterocycles. The predicted octanol–water partition coefficient (Wildman–Crippen LogP) is 3.26. The summed E-state index contributed by atoms with van der Waals surface area (Å²) in [7, 11) is 1.73. The molecule has 1 aromatic rings. The zero-order chi connectivity index (χ0) is 12.7. The Hall–Kier alpha value is -1.02. The molecule has 2 heteroatoms. The van der Waals surface area contributed by atoms with Gasteiger partial charge in [-0.2, -0.15) is 0 Å². The summed E-state index contributed by atoms with van der Waals surface area (Å²) in [4.78, 5) is 0. The van der Waals surface area contributed by atoms with Gasteiger partial charge in [-0.25, -0.2) is 0 Å². The first-order valence-corrected chi connectivity index (χ1v) is 6.54. The molecule has 1 rings (SSSR count). The molecule has 0 fully saturated rings. The van der Waals surface area contributed by atoms with Crippen LogP contribution in [0.4, 0.5) is 0 Å². The van der Waals surface area contributed by atoms with E-state index in [0.717, 1.165) is 24.6 Å². The number of hydrogen-bond acceptors (Lipinski definition) is 2. The number of nitrogens with one attached hydrogen (secondary N) is 1. The van der Waals surface area contributed by atoms with Crippen molar-refractivity contribution in [2.75, 3.05) is 13.7 Å². The maximum absolute atomic E-state index is 5.34. The summed E-state index contributed by atoms with van der Waals surface area (Å²) in [5.41, 5.74) is 1.28. The summed E-state index contributed by atoms with van der Waals surface area (Å²) in [6.07, 6.45) is 2.24. The smallest absolute Gasteiger partial charge is 0.122 e. The second-order valence-corrected chi connectivity index (χ2v) is 4.69. The number of methoxy groups -OCH3 is 1. The highest BCUT2D eigenvalue weighted by Gasteiger charge is 2.09. The van der Waals surface area contributed by atoms with E-state index in [1.807, 2.05) is 12.1 Å². The van der Waals surface area contributed by atoms with Gasteiger partial charge in [0, 0.05) is 6.04 Å². The molecule has 96 valence electrons. The van der Waals surface area contributed by atoms with Gasteiger partial charge in [0.25, 0.3) is 0 Å². The van der Waals surface area contributed by atoms with E-state index in [1.165, 1.54) is 12.0 Å². The summed E-state index contributed by atoms with van der Waals surface area (Å²) in [5.74, 6) is 1.72. The average Bonchev–Trinajstić information content (AvgIpc) is 2.38. The first-order chi connectivity index (χ1) is 8.19. The molecular weight excluding hydrogens is 210 g/mol. The van der Waals surface area contributed by atoms with Crippen molar-refractivity contribution in [3.05, 3.63) is 29.8 Å². The lowest BCUT2D eigenvalue weighted by molar-refractivity contribution is 0.388. The Balaban J connectivity index is 2.40. The summed E-state index contributed by atoms with van der Waals surface area (Å²) in [6.45, 7) is 7.80. The molecule has 0 aromatic heterocycles. The van der Waals surface area contributed by atoms with Crippen molar-refractivity contribution in [3.63, 3.8) is 0 Å². The van der Waals surface area contributed by atoms with Crippen molar-refractivity contribution in [1.29, 1.82) is 0 Å². The molecule has 1 N–H and O–H groups in total. The van der Waals surface area contributed by atoms with Crippen molar-refractivity contribution in [3.8, 4) is 5.75 Å². The van der Waals surface area contributed by atoms with E-state index in [-0.39, 0.29) is 0 Å². The number of hydrogen-bond donors (Lipinski definition) is 1. The van der Waals surface area contributed by atoms with E-state index in [4.69, 9.17) is 4.74 Å². The lowest BCUT2D eigenvalue weighted by Crippen LogP contribution is -2.33. The molecule has 0 heterocycles. The lowest BCUT2D eigenvalue weighted by Gasteiger charge is -2.20. The molecule has 2 nitrogen and oxygen atoms in total. The minimum absolute atomic E-state index is 0.578. The monoisotopic (exact) mass is 235 g/mol. The number of rotatable bonds is 7. The van der Waals surface area contributed by atoms with Crippen LogP contribution in [0.2, 0.25) is 0 Å². The molecule has 17 heavy (non-hydrogen) atoms.